The number of nitrogens with zero attached hydrogens (tertiary/aromatic N) is 1. The van der Waals surface area contributed by atoms with Crippen molar-refractivity contribution in [3.63, 3.8) is 0 Å². The van der Waals surface area contributed by atoms with Crippen LogP contribution in [0.2, 0.25) is 15.1 Å². The van der Waals surface area contributed by atoms with E-state index in [0.29, 0.717) is 32.2 Å². The van der Waals surface area contributed by atoms with Crippen LogP contribution in [0, 0.1) is 0 Å². The molecule has 0 bridgehead atoms. The Morgan fingerprint density at radius 2 is 1.84 bits per heavy atom. The van der Waals surface area contributed by atoms with Crippen molar-refractivity contribution in [1.82, 2.24) is 0 Å². The number of anilines is 2. The summed E-state index contributed by atoms with van der Waals surface area (Å²) in [5, 5.41) is 3.88. The minimum atomic E-state index is -0.694. The molecule has 1 aliphatic heterocycles. The van der Waals surface area contributed by atoms with Gasteiger partial charge in [0.25, 0.3) is 5.91 Å². The summed E-state index contributed by atoms with van der Waals surface area (Å²) in [5.74, 6) is -0.237. The monoisotopic (exact) mass is 398 g/mol. The lowest BCUT2D eigenvalue weighted by molar-refractivity contribution is -0.127. The average Bonchev–Trinajstić information content (AvgIpc) is 2.55. The maximum absolute atomic E-state index is 12.4. The van der Waals surface area contributed by atoms with Gasteiger partial charge in [0.1, 0.15) is 12.3 Å². The van der Waals surface area contributed by atoms with Gasteiger partial charge >= 0.3 is 0 Å². The third-order valence-electron chi connectivity index (χ3n) is 3.64. The zero-order chi connectivity index (χ0) is 18.1. The van der Waals surface area contributed by atoms with Crippen molar-refractivity contribution in [2.45, 2.75) is 13.0 Å². The number of benzene rings is 2. The van der Waals surface area contributed by atoms with E-state index in [1.807, 2.05) is 0 Å². The largest absolute Gasteiger partial charge is 0.479 e. The molecule has 0 saturated heterocycles. The molecule has 2 amide bonds. The Bertz CT molecular complexity index is 857. The van der Waals surface area contributed by atoms with Crippen molar-refractivity contribution in [2.24, 2.45) is 0 Å². The van der Waals surface area contributed by atoms with Crippen LogP contribution in [0.1, 0.15) is 6.92 Å². The predicted octanol–water partition coefficient (Wildman–Crippen LogP) is 4.40. The van der Waals surface area contributed by atoms with Crippen LogP contribution in [0.3, 0.4) is 0 Å². The first-order valence-corrected chi connectivity index (χ1v) is 8.51. The van der Waals surface area contributed by atoms with Crippen LogP contribution in [0.15, 0.2) is 36.4 Å². The maximum Gasteiger partial charge on any atom is 0.268 e. The van der Waals surface area contributed by atoms with Gasteiger partial charge in [0.05, 0.1) is 16.4 Å². The molecule has 0 fully saturated rings. The number of rotatable bonds is 3. The molecule has 1 atom stereocenters. The Morgan fingerprint density at radius 3 is 2.56 bits per heavy atom. The first kappa shape index (κ1) is 17.9. The highest BCUT2D eigenvalue weighted by molar-refractivity contribution is 6.36. The summed E-state index contributed by atoms with van der Waals surface area (Å²) in [6.45, 7) is 1.43. The van der Waals surface area contributed by atoms with E-state index in [9.17, 15) is 9.59 Å². The quantitative estimate of drug-likeness (QED) is 0.832. The Morgan fingerprint density at radius 1 is 1.16 bits per heavy atom. The summed E-state index contributed by atoms with van der Waals surface area (Å²) in [4.78, 5) is 26.2. The third-order valence-corrected chi connectivity index (χ3v) is 4.42. The van der Waals surface area contributed by atoms with Crippen molar-refractivity contribution in [3.05, 3.63) is 51.5 Å². The molecule has 0 aliphatic carbocycles. The fraction of sp³-hybridized carbons (Fsp3) is 0.176. The van der Waals surface area contributed by atoms with E-state index < -0.39 is 12.0 Å². The van der Waals surface area contributed by atoms with E-state index in [2.05, 4.69) is 5.32 Å². The van der Waals surface area contributed by atoms with Crippen LogP contribution >= 0.6 is 34.8 Å². The Labute approximate surface area is 159 Å². The first-order valence-electron chi connectivity index (χ1n) is 7.37. The number of ether oxygens (including phenoxy) is 1. The van der Waals surface area contributed by atoms with Crippen LogP contribution in [0.4, 0.5) is 11.4 Å². The zero-order valence-electron chi connectivity index (χ0n) is 13.1. The minimum Gasteiger partial charge on any atom is -0.479 e. The van der Waals surface area contributed by atoms with E-state index in [0.717, 1.165) is 0 Å². The van der Waals surface area contributed by atoms with E-state index >= 15 is 0 Å². The molecule has 0 aromatic heterocycles. The fourth-order valence-corrected chi connectivity index (χ4v) is 3.09. The van der Waals surface area contributed by atoms with Crippen molar-refractivity contribution < 1.29 is 14.3 Å². The highest BCUT2D eigenvalue weighted by Crippen LogP contribution is 2.36. The summed E-state index contributed by atoms with van der Waals surface area (Å²) in [6.07, 6.45) is -0.694. The second-order valence-corrected chi connectivity index (χ2v) is 6.75. The van der Waals surface area contributed by atoms with Gasteiger partial charge in [-0.25, -0.2) is 0 Å². The summed E-state index contributed by atoms with van der Waals surface area (Å²) in [5.41, 5.74) is 0.865. The number of hydrogen-bond donors (Lipinski definition) is 1. The van der Waals surface area contributed by atoms with Crippen molar-refractivity contribution in [1.29, 1.82) is 0 Å². The predicted molar refractivity (Wildman–Crippen MR) is 99.0 cm³/mol. The molecule has 1 aliphatic rings. The molecule has 0 radical (unpaired) electrons. The Kier molecular flexibility index (Phi) is 5.08. The Balaban J connectivity index is 1.82. The van der Waals surface area contributed by atoms with Crippen molar-refractivity contribution >= 4 is 58.0 Å². The molecule has 1 unspecified atom stereocenters. The number of carbonyl (C=O) groups is 2. The first-order chi connectivity index (χ1) is 11.8. The summed E-state index contributed by atoms with van der Waals surface area (Å²) in [6, 6.07) is 9.65. The molecule has 130 valence electrons. The van der Waals surface area contributed by atoms with E-state index in [1.54, 1.807) is 37.3 Å². The van der Waals surface area contributed by atoms with Crippen molar-refractivity contribution in [2.75, 3.05) is 16.8 Å². The standard InChI is InChI=1S/C17H13Cl3N2O3/c1-9-17(24)22(14-7-11(19)3-5-15(14)25-9)8-16(23)21-13-4-2-10(18)6-12(13)20/h2-7,9H,8H2,1H3,(H,21,23). The van der Waals surface area contributed by atoms with Gasteiger partial charge in [0, 0.05) is 10.0 Å². The van der Waals surface area contributed by atoms with Crippen LogP contribution in [0.25, 0.3) is 0 Å². The molecule has 0 saturated carbocycles. The van der Waals surface area contributed by atoms with Gasteiger partial charge in [-0.15, -0.1) is 0 Å². The van der Waals surface area contributed by atoms with Crippen LogP contribution in [-0.2, 0) is 9.59 Å². The molecular weight excluding hydrogens is 387 g/mol. The van der Waals surface area contributed by atoms with Crippen LogP contribution < -0.4 is 15.0 Å². The topological polar surface area (TPSA) is 58.6 Å². The van der Waals surface area contributed by atoms with Gasteiger partial charge in [-0.05, 0) is 43.3 Å². The van der Waals surface area contributed by atoms with Gasteiger partial charge in [-0.2, -0.15) is 0 Å². The number of amides is 2. The molecule has 25 heavy (non-hydrogen) atoms. The molecule has 0 spiro atoms. The summed E-state index contributed by atoms with van der Waals surface area (Å²) in [7, 11) is 0. The second kappa shape index (κ2) is 7.12. The molecule has 8 heteroatoms. The fourth-order valence-electron chi connectivity index (χ4n) is 2.47. The van der Waals surface area contributed by atoms with Gasteiger partial charge in [-0.3, -0.25) is 14.5 Å². The normalized spacial score (nSPS) is 16.2. The molecule has 2 aromatic carbocycles. The SMILES string of the molecule is CC1Oc2ccc(Cl)cc2N(CC(=O)Nc2ccc(Cl)cc2Cl)C1=O. The summed E-state index contributed by atoms with van der Waals surface area (Å²) >= 11 is 17.9. The number of hydrogen-bond acceptors (Lipinski definition) is 3. The highest BCUT2D eigenvalue weighted by Gasteiger charge is 2.33. The van der Waals surface area contributed by atoms with Gasteiger partial charge < -0.3 is 10.1 Å². The lowest BCUT2D eigenvalue weighted by Crippen LogP contribution is -2.47. The van der Waals surface area contributed by atoms with Crippen LogP contribution in [-0.4, -0.2) is 24.5 Å². The number of carbonyl (C=O) groups excluding carboxylic acids is 2. The molecule has 5 nitrogen and oxygen atoms in total. The number of halogens is 3. The molecular formula is C17H13Cl3N2O3. The molecule has 2 aromatic rings. The average molecular weight is 400 g/mol. The lowest BCUT2D eigenvalue weighted by atomic mass is 10.2. The van der Waals surface area contributed by atoms with Gasteiger partial charge in [0.15, 0.2) is 6.10 Å². The van der Waals surface area contributed by atoms with E-state index in [-0.39, 0.29) is 12.5 Å². The molecule has 3 rings (SSSR count). The van der Waals surface area contributed by atoms with Gasteiger partial charge in [0.2, 0.25) is 5.91 Å². The molecule has 1 N–H and O–H groups in total. The van der Waals surface area contributed by atoms with E-state index in [4.69, 9.17) is 39.5 Å². The zero-order valence-corrected chi connectivity index (χ0v) is 15.3. The summed E-state index contributed by atoms with van der Waals surface area (Å²) < 4.78 is 5.54. The maximum atomic E-state index is 12.4. The van der Waals surface area contributed by atoms with E-state index in [1.165, 1.54) is 11.0 Å². The smallest absolute Gasteiger partial charge is 0.268 e. The highest BCUT2D eigenvalue weighted by atomic mass is 35.5. The number of nitrogens with one attached hydrogen (secondary N) is 1. The lowest BCUT2D eigenvalue weighted by Gasteiger charge is -2.32. The third kappa shape index (κ3) is 3.84. The number of fused-ring (bicyclic) bond motifs is 1. The Hall–Kier alpha value is -1.95. The second-order valence-electron chi connectivity index (χ2n) is 5.47. The van der Waals surface area contributed by atoms with Crippen molar-refractivity contribution in [3.8, 4) is 5.75 Å². The minimum absolute atomic E-state index is 0.196. The molecule has 1 heterocycles. The van der Waals surface area contributed by atoms with Gasteiger partial charge in [-0.1, -0.05) is 34.8 Å². The van der Waals surface area contributed by atoms with Crippen LogP contribution in [0.5, 0.6) is 5.75 Å².